The van der Waals surface area contributed by atoms with Crippen LogP contribution in [0.1, 0.15) is 36.6 Å². The van der Waals surface area contributed by atoms with Gasteiger partial charge in [-0.15, -0.1) is 0 Å². The predicted octanol–water partition coefficient (Wildman–Crippen LogP) is 0.429. The molecule has 1 N–H and O–H groups in total. The van der Waals surface area contributed by atoms with Gasteiger partial charge in [0.25, 0.3) is 0 Å². The molecule has 0 aliphatic carbocycles. The smallest absolute Gasteiger partial charge is 0.647 e. The Morgan fingerprint density at radius 1 is 1.26 bits per heavy atom. The number of carboxylic acids is 1. The van der Waals surface area contributed by atoms with Crippen LogP contribution in [-0.4, -0.2) is 24.2 Å². The van der Waals surface area contributed by atoms with E-state index >= 15 is 0 Å². The van der Waals surface area contributed by atoms with Crippen molar-refractivity contribution >= 4 is 12.4 Å². The summed E-state index contributed by atoms with van der Waals surface area (Å²) in [7, 11) is 0. The van der Waals surface area contributed by atoms with Crippen LogP contribution in [0.25, 0.3) is 0 Å². The summed E-state index contributed by atoms with van der Waals surface area (Å²) in [6, 6.07) is 15.2. The van der Waals surface area contributed by atoms with Crippen molar-refractivity contribution in [1.29, 1.82) is 0 Å². The number of carbonyl (C=O) groups excluding carboxylic acids is 1. The van der Waals surface area contributed by atoms with Crippen molar-refractivity contribution in [3.05, 3.63) is 65.2 Å². The summed E-state index contributed by atoms with van der Waals surface area (Å²) in [6.07, 6.45) is 0.230. The van der Waals surface area contributed by atoms with Gasteiger partial charge in [-0.1, -0.05) is 48.9 Å². The van der Waals surface area contributed by atoms with Crippen molar-refractivity contribution in [2.45, 2.75) is 31.8 Å². The van der Waals surface area contributed by atoms with Crippen molar-refractivity contribution in [1.82, 2.24) is 0 Å². The minimum absolute atomic E-state index is 0. The largest absolute Gasteiger partial charge is 1.00 e. The van der Waals surface area contributed by atoms with Crippen LogP contribution >= 0.6 is 0 Å². The first kappa shape index (κ1) is 21.5. The third-order valence-corrected chi connectivity index (χ3v) is 4.97. The molecule has 2 aromatic carbocycles. The number of hydrogen-bond donors (Lipinski definition) is 1. The standard InChI is InChI=1S/C21H21O5.Na/c1-21(2,20(23)24)16-8-9-17-18(11-16)25-12-15(19(17)26-13-22)10-14-6-4-3-5-7-14;/h3-9,11,15,19H,10,12H2,1-2H3,(H,23,24);/q-1;+1/t15-,19+;/m0./s1. The molecule has 0 saturated carbocycles. The van der Waals surface area contributed by atoms with Gasteiger partial charge in [0.1, 0.15) is 5.75 Å². The summed E-state index contributed by atoms with van der Waals surface area (Å²) in [5.74, 6) is -0.393. The van der Waals surface area contributed by atoms with Crippen LogP contribution in [0.15, 0.2) is 48.5 Å². The molecule has 0 amide bonds. The van der Waals surface area contributed by atoms with E-state index in [9.17, 15) is 14.7 Å². The van der Waals surface area contributed by atoms with Gasteiger partial charge in [-0.05, 0) is 37.5 Å². The Balaban J connectivity index is 0.00000261. The van der Waals surface area contributed by atoms with Crippen LogP contribution in [0.4, 0.5) is 0 Å². The molecule has 1 heterocycles. The molecule has 1 aliphatic heterocycles. The molecule has 3 rings (SSSR count). The Kier molecular flexibility index (Phi) is 7.09. The second-order valence-corrected chi connectivity index (χ2v) is 7.07. The van der Waals surface area contributed by atoms with Crippen LogP contribution in [0.3, 0.4) is 0 Å². The second-order valence-electron chi connectivity index (χ2n) is 7.07. The summed E-state index contributed by atoms with van der Waals surface area (Å²) in [4.78, 5) is 22.4. The number of hydrogen-bond acceptors (Lipinski definition) is 4. The fourth-order valence-corrected chi connectivity index (χ4v) is 3.24. The molecule has 0 spiro atoms. The summed E-state index contributed by atoms with van der Waals surface area (Å²) in [6.45, 7) is 5.23. The molecule has 0 saturated heterocycles. The molecule has 6 heteroatoms. The number of carboxylic acid groups (broad SMARTS) is 1. The first-order valence-corrected chi connectivity index (χ1v) is 8.51. The van der Waals surface area contributed by atoms with Crippen molar-refractivity contribution < 1.29 is 53.7 Å². The zero-order chi connectivity index (χ0) is 18.7. The maximum atomic E-state index is 11.5. The zero-order valence-corrected chi connectivity index (χ0v) is 17.8. The minimum atomic E-state index is -1.04. The Hall–Kier alpha value is -1.82. The molecule has 2 atom stereocenters. The van der Waals surface area contributed by atoms with Gasteiger partial charge in [0.15, 0.2) is 0 Å². The normalized spacial score (nSPS) is 18.4. The number of benzene rings is 2. The van der Waals surface area contributed by atoms with E-state index in [1.165, 1.54) is 0 Å². The number of carbonyl (C=O) groups is 1. The summed E-state index contributed by atoms with van der Waals surface area (Å²) >= 11 is 0. The second kappa shape index (κ2) is 8.91. The first-order valence-electron chi connectivity index (χ1n) is 8.51. The molecular weight excluding hydrogens is 355 g/mol. The third kappa shape index (κ3) is 4.54. The monoisotopic (exact) mass is 376 g/mol. The van der Waals surface area contributed by atoms with E-state index in [0.717, 1.165) is 11.1 Å². The first-order chi connectivity index (χ1) is 12.4. The quantitative estimate of drug-likeness (QED) is 0.585. The third-order valence-electron chi connectivity index (χ3n) is 4.97. The molecule has 1 aliphatic rings. The minimum Gasteiger partial charge on any atom is -0.647 e. The average Bonchev–Trinajstić information content (AvgIpc) is 2.64. The summed E-state index contributed by atoms with van der Waals surface area (Å²) in [5, 5.41) is 9.42. The van der Waals surface area contributed by atoms with Crippen molar-refractivity contribution in [2.75, 3.05) is 6.61 Å². The molecule has 2 aromatic rings. The van der Waals surface area contributed by atoms with Gasteiger partial charge in [0.2, 0.25) is 0 Å². The van der Waals surface area contributed by atoms with E-state index in [1.54, 1.807) is 38.5 Å². The van der Waals surface area contributed by atoms with Gasteiger partial charge in [-0.2, -0.15) is 0 Å². The Labute approximate surface area is 181 Å². The van der Waals surface area contributed by atoms with E-state index in [2.05, 4.69) is 0 Å². The van der Waals surface area contributed by atoms with Crippen LogP contribution in [0, 0.1) is 5.92 Å². The predicted molar refractivity (Wildman–Crippen MR) is 95.8 cm³/mol. The van der Waals surface area contributed by atoms with Crippen LogP contribution < -0.4 is 34.3 Å². The van der Waals surface area contributed by atoms with Gasteiger partial charge in [0, 0.05) is 11.5 Å². The van der Waals surface area contributed by atoms with Crippen molar-refractivity contribution in [3.63, 3.8) is 0 Å². The summed E-state index contributed by atoms with van der Waals surface area (Å²) in [5.41, 5.74) is 1.48. The Morgan fingerprint density at radius 3 is 2.59 bits per heavy atom. The fourth-order valence-electron chi connectivity index (χ4n) is 3.24. The zero-order valence-electron chi connectivity index (χ0n) is 15.8. The van der Waals surface area contributed by atoms with Gasteiger partial charge in [-0.3, -0.25) is 4.79 Å². The van der Waals surface area contributed by atoms with Gasteiger partial charge in [0.05, 0.1) is 18.1 Å². The molecule has 0 fully saturated rings. The van der Waals surface area contributed by atoms with E-state index in [4.69, 9.17) is 9.47 Å². The van der Waals surface area contributed by atoms with Gasteiger partial charge < -0.3 is 19.4 Å². The maximum Gasteiger partial charge on any atom is 1.00 e. The van der Waals surface area contributed by atoms with Crippen molar-refractivity contribution in [2.24, 2.45) is 5.92 Å². The molecule has 0 bridgehead atoms. The maximum absolute atomic E-state index is 11.5. The van der Waals surface area contributed by atoms with Crippen LogP contribution in [-0.2, 0) is 26.2 Å². The molecule has 5 nitrogen and oxygen atoms in total. The van der Waals surface area contributed by atoms with Gasteiger partial charge >= 0.3 is 35.5 Å². The van der Waals surface area contributed by atoms with E-state index in [1.807, 2.05) is 30.3 Å². The average molecular weight is 376 g/mol. The molecule has 0 radical (unpaired) electrons. The van der Waals surface area contributed by atoms with E-state index < -0.39 is 17.5 Å². The molecule has 27 heavy (non-hydrogen) atoms. The molecular formula is C21H21NaO5. The number of rotatable bonds is 6. The van der Waals surface area contributed by atoms with Crippen molar-refractivity contribution in [3.8, 4) is 5.75 Å². The van der Waals surface area contributed by atoms with Crippen LogP contribution in [0.5, 0.6) is 5.75 Å². The van der Waals surface area contributed by atoms with E-state index in [-0.39, 0.29) is 35.5 Å². The Morgan fingerprint density at radius 2 is 1.96 bits per heavy atom. The number of ether oxygens (including phenoxy) is 2. The number of aliphatic carboxylic acids is 1. The Bertz CT molecular complexity index is 803. The summed E-state index contributed by atoms with van der Waals surface area (Å²) < 4.78 is 11.2. The molecule has 136 valence electrons. The van der Waals surface area contributed by atoms with Gasteiger partial charge in [-0.25, -0.2) is 0 Å². The molecule has 0 unspecified atom stereocenters. The number of fused-ring (bicyclic) bond motifs is 1. The van der Waals surface area contributed by atoms with E-state index in [0.29, 0.717) is 24.3 Å². The van der Waals surface area contributed by atoms with Crippen LogP contribution in [0.2, 0.25) is 0 Å². The molecule has 0 aromatic heterocycles. The fraction of sp³-hybridized carbons (Fsp3) is 0.333. The SMILES string of the molecule is CC(C)(C(=O)O)c1ccc2c(c1)OC[C@H](Cc1ccccc1)[C@H]2O[C-]=O.[Na+]. The topological polar surface area (TPSA) is 72.8 Å².